The molecule has 1 aliphatic heterocycles. The lowest BCUT2D eigenvalue weighted by atomic mass is 9.98. The van der Waals surface area contributed by atoms with Crippen molar-refractivity contribution in [2.45, 2.75) is 57.4 Å². The molecule has 0 unspecified atom stereocenters. The number of carbonyl (C=O) groups is 3. The Hall–Kier alpha value is -3.75. The monoisotopic (exact) mass is 606 g/mol. The Balaban J connectivity index is 1.89. The van der Waals surface area contributed by atoms with Crippen molar-refractivity contribution in [1.29, 1.82) is 0 Å². The van der Waals surface area contributed by atoms with Gasteiger partial charge < -0.3 is 48.5 Å². The number of hydrogen-bond acceptors (Lipinski definition) is 13. The highest BCUT2D eigenvalue weighted by molar-refractivity contribution is 6.01. The van der Waals surface area contributed by atoms with Crippen LogP contribution in [0.2, 0.25) is 0 Å². The molecule has 0 amide bonds. The van der Waals surface area contributed by atoms with Crippen molar-refractivity contribution in [3.63, 3.8) is 0 Å². The summed E-state index contributed by atoms with van der Waals surface area (Å²) in [6.07, 6.45) is -7.31. The SMILES string of the molecule is CCOCC(=O)O[C@H]1[C@H](Oc2cccc(O)c2C(=O)CCc2ccc(OC)cc2)O[C@H](CO)[C@@H](O)[C@@H]1OC(=O)COCC. The minimum absolute atomic E-state index is 0.00814. The first-order valence-corrected chi connectivity index (χ1v) is 13.9. The molecule has 5 atom stereocenters. The number of benzene rings is 2. The predicted octanol–water partition coefficient (Wildman–Crippen LogP) is 1.57. The van der Waals surface area contributed by atoms with Gasteiger partial charge in [0.15, 0.2) is 11.9 Å². The van der Waals surface area contributed by atoms with Crippen molar-refractivity contribution in [1.82, 2.24) is 0 Å². The summed E-state index contributed by atoms with van der Waals surface area (Å²) in [5.74, 6) is -2.02. The van der Waals surface area contributed by atoms with Crippen LogP contribution in [0, 0.1) is 0 Å². The number of ether oxygens (including phenoxy) is 7. The summed E-state index contributed by atoms with van der Waals surface area (Å²) in [6, 6.07) is 11.3. The molecule has 236 valence electrons. The van der Waals surface area contributed by atoms with Crippen molar-refractivity contribution in [3.05, 3.63) is 53.6 Å². The molecular weight excluding hydrogens is 568 g/mol. The molecule has 1 heterocycles. The highest BCUT2D eigenvalue weighted by Gasteiger charge is 2.51. The number of phenolic OH excluding ortho intramolecular Hbond substituents is 1. The van der Waals surface area contributed by atoms with Crippen LogP contribution in [0.1, 0.15) is 36.2 Å². The van der Waals surface area contributed by atoms with Gasteiger partial charge in [-0.3, -0.25) is 4.79 Å². The first-order valence-electron chi connectivity index (χ1n) is 13.9. The third-order valence-electron chi connectivity index (χ3n) is 6.51. The lowest BCUT2D eigenvalue weighted by Crippen LogP contribution is -2.62. The smallest absolute Gasteiger partial charge is 0.332 e. The molecule has 1 fully saturated rings. The van der Waals surface area contributed by atoms with Gasteiger partial charge in [-0.05, 0) is 50.1 Å². The summed E-state index contributed by atoms with van der Waals surface area (Å²) in [4.78, 5) is 38.3. The number of ketones is 1. The van der Waals surface area contributed by atoms with Gasteiger partial charge in [-0.2, -0.15) is 0 Å². The van der Waals surface area contributed by atoms with Crippen molar-refractivity contribution >= 4 is 17.7 Å². The Morgan fingerprint density at radius 2 is 1.53 bits per heavy atom. The van der Waals surface area contributed by atoms with Gasteiger partial charge in [-0.15, -0.1) is 0 Å². The zero-order chi connectivity index (χ0) is 31.4. The zero-order valence-corrected chi connectivity index (χ0v) is 24.3. The van der Waals surface area contributed by atoms with Crippen LogP contribution >= 0.6 is 0 Å². The molecule has 1 saturated heterocycles. The Morgan fingerprint density at radius 3 is 2.12 bits per heavy atom. The van der Waals surface area contributed by atoms with Crippen molar-refractivity contribution in [3.8, 4) is 17.2 Å². The first kappa shape index (κ1) is 33.7. The lowest BCUT2D eigenvalue weighted by Gasteiger charge is -2.42. The molecule has 0 aromatic heterocycles. The van der Waals surface area contributed by atoms with Gasteiger partial charge in [-0.25, -0.2) is 9.59 Å². The molecule has 0 saturated carbocycles. The van der Waals surface area contributed by atoms with Crippen LogP contribution in [0.3, 0.4) is 0 Å². The normalized spacial score (nSPS) is 21.6. The van der Waals surface area contributed by atoms with Gasteiger partial charge in [0.05, 0.1) is 13.7 Å². The van der Waals surface area contributed by atoms with Crippen molar-refractivity contribution < 1.29 is 62.9 Å². The molecule has 0 radical (unpaired) electrons. The van der Waals surface area contributed by atoms with E-state index in [0.29, 0.717) is 12.2 Å². The molecule has 0 aliphatic carbocycles. The van der Waals surface area contributed by atoms with E-state index in [1.807, 2.05) is 12.1 Å². The number of Topliss-reactive ketones (excluding diaryl/α,β-unsaturated/α-hetero) is 1. The fourth-order valence-corrected chi connectivity index (χ4v) is 4.34. The highest BCUT2D eigenvalue weighted by Crippen LogP contribution is 2.34. The molecule has 13 heteroatoms. The Morgan fingerprint density at radius 1 is 0.907 bits per heavy atom. The van der Waals surface area contributed by atoms with Gasteiger partial charge in [0.25, 0.3) is 0 Å². The first-order chi connectivity index (χ1) is 20.7. The lowest BCUT2D eigenvalue weighted by molar-refractivity contribution is -0.286. The summed E-state index contributed by atoms with van der Waals surface area (Å²) in [7, 11) is 1.55. The average molecular weight is 607 g/mol. The highest BCUT2D eigenvalue weighted by atomic mass is 16.7. The molecule has 0 bridgehead atoms. The van der Waals surface area contributed by atoms with E-state index in [9.17, 15) is 29.7 Å². The number of aliphatic hydroxyl groups is 2. The van der Waals surface area contributed by atoms with Crippen molar-refractivity contribution in [2.24, 2.45) is 0 Å². The number of aryl methyl sites for hydroxylation is 1. The van der Waals surface area contributed by atoms with E-state index in [0.717, 1.165) is 5.56 Å². The van der Waals surface area contributed by atoms with E-state index in [-0.39, 0.29) is 36.7 Å². The molecular formula is C30H38O13. The van der Waals surface area contributed by atoms with Crippen LogP contribution in [0.25, 0.3) is 0 Å². The third kappa shape index (κ3) is 9.37. The number of aromatic hydroxyl groups is 1. The minimum atomic E-state index is -1.63. The van der Waals surface area contributed by atoms with E-state index < -0.39 is 68.2 Å². The van der Waals surface area contributed by atoms with Crippen LogP contribution in [0.5, 0.6) is 17.2 Å². The van der Waals surface area contributed by atoms with Crippen LogP contribution in [-0.4, -0.2) is 104 Å². The van der Waals surface area contributed by atoms with Gasteiger partial charge in [0.2, 0.25) is 12.4 Å². The standard InChI is InChI=1S/C30H38O13/c1-4-38-16-24(34)42-28-27(36)23(15-31)41-30(29(28)43-25(35)17-39-5-2)40-22-8-6-7-20(32)26(22)21(33)14-11-18-9-12-19(37-3)13-10-18/h6-10,12-13,23,27-32,36H,4-5,11,14-17H2,1-3H3/t23-,27-,28+,29-,30-/m1/s1. The maximum atomic E-state index is 13.3. The number of hydrogen-bond donors (Lipinski definition) is 3. The maximum absolute atomic E-state index is 13.3. The fourth-order valence-electron chi connectivity index (χ4n) is 4.34. The van der Waals surface area contributed by atoms with Crippen LogP contribution in [-0.2, 0) is 39.7 Å². The topological polar surface area (TPSA) is 177 Å². The van der Waals surface area contributed by atoms with Gasteiger partial charge >= 0.3 is 11.9 Å². The Labute approximate surface area is 249 Å². The van der Waals surface area contributed by atoms with Crippen molar-refractivity contribution in [2.75, 3.05) is 40.1 Å². The number of esters is 2. The van der Waals surface area contributed by atoms with Gasteiger partial charge in [0.1, 0.15) is 48.2 Å². The van der Waals surface area contributed by atoms with E-state index in [4.69, 9.17) is 33.2 Å². The second kappa shape index (κ2) is 16.8. The molecule has 1 aliphatic rings. The minimum Gasteiger partial charge on any atom is -0.507 e. The summed E-state index contributed by atoms with van der Waals surface area (Å²) < 4.78 is 37.9. The Bertz CT molecular complexity index is 1200. The van der Waals surface area contributed by atoms with E-state index in [2.05, 4.69) is 0 Å². The number of rotatable bonds is 16. The number of methoxy groups -OCH3 is 1. The number of phenols is 1. The predicted molar refractivity (Wildman–Crippen MR) is 149 cm³/mol. The fraction of sp³-hybridized carbons (Fsp3) is 0.500. The Kier molecular flexibility index (Phi) is 13.2. The van der Waals surface area contributed by atoms with Crippen LogP contribution in [0.15, 0.2) is 42.5 Å². The molecule has 3 N–H and O–H groups in total. The molecule has 2 aromatic rings. The summed E-state index contributed by atoms with van der Waals surface area (Å²) in [5, 5.41) is 31.4. The zero-order valence-electron chi connectivity index (χ0n) is 24.3. The molecule has 2 aromatic carbocycles. The number of carbonyl (C=O) groups excluding carboxylic acids is 3. The van der Waals surface area contributed by atoms with Gasteiger partial charge in [0, 0.05) is 19.6 Å². The van der Waals surface area contributed by atoms with Gasteiger partial charge in [-0.1, -0.05) is 18.2 Å². The molecule has 3 rings (SSSR count). The van der Waals surface area contributed by atoms with E-state index in [1.54, 1.807) is 33.1 Å². The molecule has 43 heavy (non-hydrogen) atoms. The molecule has 0 spiro atoms. The molecule has 13 nitrogen and oxygen atoms in total. The summed E-state index contributed by atoms with van der Waals surface area (Å²) in [6.45, 7) is 2.15. The summed E-state index contributed by atoms with van der Waals surface area (Å²) >= 11 is 0. The quantitative estimate of drug-likeness (QED) is 0.186. The van der Waals surface area contributed by atoms with E-state index >= 15 is 0 Å². The third-order valence-corrected chi connectivity index (χ3v) is 6.51. The summed E-state index contributed by atoms with van der Waals surface area (Å²) in [5.41, 5.74) is 0.705. The van der Waals surface area contributed by atoms with Crippen LogP contribution < -0.4 is 9.47 Å². The second-order valence-corrected chi connectivity index (χ2v) is 9.44. The number of aliphatic hydroxyl groups excluding tert-OH is 2. The van der Waals surface area contributed by atoms with Crippen LogP contribution in [0.4, 0.5) is 0 Å². The van der Waals surface area contributed by atoms with E-state index in [1.165, 1.54) is 18.2 Å². The largest absolute Gasteiger partial charge is 0.507 e. The maximum Gasteiger partial charge on any atom is 0.332 e. The average Bonchev–Trinajstić information content (AvgIpc) is 3.01. The second-order valence-electron chi connectivity index (χ2n) is 9.44.